The van der Waals surface area contributed by atoms with Crippen LogP contribution in [0.2, 0.25) is 0 Å². The van der Waals surface area contributed by atoms with Gasteiger partial charge in [-0.2, -0.15) is 0 Å². The third-order valence-corrected chi connectivity index (χ3v) is 12.1. The zero-order valence-corrected chi connectivity index (χ0v) is 28.1. The van der Waals surface area contributed by atoms with Crippen LogP contribution in [-0.4, -0.2) is 11.1 Å². The first-order valence-electron chi connectivity index (χ1n) is 18.4. The summed E-state index contributed by atoms with van der Waals surface area (Å²) >= 11 is 0. The Balaban J connectivity index is 0.962. The highest BCUT2D eigenvalue weighted by Crippen LogP contribution is 2.48. The van der Waals surface area contributed by atoms with E-state index in [1.54, 1.807) is 0 Å². The van der Waals surface area contributed by atoms with Crippen LogP contribution in [0.3, 0.4) is 0 Å². The molecule has 3 aliphatic rings. The molecule has 2 saturated carbocycles. The third kappa shape index (κ3) is 4.42. The summed E-state index contributed by atoms with van der Waals surface area (Å²) in [6.45, 7) is 1.07. The lowest BCUT2D eigenvalue weighted by Crippen LogP contribution is -2.29. The average Bonchev–Trinajstić information content (AvgIpc) is 3.70. The summed E-state index contributed by atoms with van der Waals surface area (Å²) in [7, 11) is 0. The molecule has 2 heterocycles. The smallest absolute Gasteiger partial charge is 0.152 e. The summed E-state index contributed by atoms with van der Waals surface area (Å²) in [5.74, 6) is 4.37. The van der Waals surface area contributed by atoms with Crippen LogP contribution in [0.5, 0.6) is 11.5 Å². The Kier molecular flexibility index (Phi) is 6.22. The molecule has 8 aromatic rings. The average molecular weight is 647 g/mol. The van der Waals surface area contributed by atoms with Crippen LogP contribution in [0, 0.1) is 17.8 Å². The van der Waals surface area contributed by atoms with E-state index in [1.807, 2.05) is 0 Å². The van der Waals surface area contributed by atoms with Gasteiger partial charge in [-0.15, -0.1) is 0 Å². The maximum atomic E-state index is 6.60. The van der Waals surface area contributed by atoms with E-state index in [0.717, 1.165) is 52.6 Å². The van der Waals surface area contributed by atoms with Crippen LogP contribution in [0.1, 0.15) is 32.1 Å². The quantitative estimate of drug-likeness (QED) is 0.173. The van der Waals surface area contributed by atoms with Crippen LogP contribution in [-0.2, 0) is 0 Å². The second-order valence-corrected chi connectivity index (χ2v) is 15.0. The molecule has 1 aliphatic heterocycles. The molecule has 11 rings (SSSR count). The van der Waals surface area contributed by atoms with Crippen LogP contribution in [0.4, 0.5) is 11.4 Å². The van der Waals surface area contributed by atoms with Crippen molar-refractivity contribution in [1.82, 2.24) is 4.57 Å². The summed E-state index contributed by atoms with van der Waals surface area (Å²) in [6, 6.07) is 51.4. The number of hydrogen-bond donors (Lipinski definition) is 0. The lowest BCUT2D eigenvalue weighted by molar-refractivity contribution is 0.266. The molecule has 2 bridgehead atoms. The van der Waals surface area contributed by atoms with Gasteiger partial charge >= 0.3 is 0 Å². The standard InChI is InChI=1S/C47H38N2O/c1-2-7-39-34(6-1)14-15-36-27-38(21-22-40(36)39)48(29-32-25-30-12-13-31(24-30)26-32)37-19-16-33(17-20-37)35-18-23-44-46(28-35)50-45-11-5-9-42-41-8-3-4-10-43(41)49(44)47(42)45/h1-11,14-23,27-28,30-32H,12-13,24-26,29H2. The molecule has 242 valence electrons. The number of para-hydroxylation sites is 2. The molecule has 3 heteroatoms. The van der Waals surface area contributed by atoms with Gasteiger partial charge in [-0.3, -0.25) is 0 Å². The fourth-order valence-corrected chi connectivity index (χ4v) is 9.81. The van der Waals surface area contributed by atoms with Gasteiger partial charge in [0, 0.05) is 28.7 Å². The Bertz CT molecular complexity index is 2600. The van der Waals surface area contributed by atoms with Crippen molar-refractivity contribution < 1.29 is 4.74 Å². The summed E-state index contributed by atoms with van der Waals surface area (Å²) < 4.78 is 8.97. The van der Waals surface area contributed by atoms with Crippen LogP contribution < -0.4 is 9.64 Å². The molecule has 2 aliphatic carbocycles. The molecule has 0 amide bonds. The summed E-state index contributed by atoms with van der Waals surface area (Å²) in [5, 5.41) is 7.73. The van der Waals surface area contributed by atoms with Gasteiger partial charge in [-0.05, 0) is 118 Å². The molecular formula is C47H38N2O. The lowest BCUT2D eigenvalue weighted by Gasteiger charge is -2.34. The van der Waals surface area contributed by atoms with Crippen molar-refractivity contribution in [2.75, 3.05) is 11.4 Å². The molecule has 7 aromatic carbocycles. The fourth-order valence-electron chi connectivity index (χ4n) is 9.81. The van der Waals surface area contributed by atoms with Gasteiger partial charge < -0.3 is 14.2 Å². The number of fused-ring (bicyclic) bond motifs is 10. The fraction of sp³-hybridized carbons (Fsp3) is 0.191. The minimum atomic E-state index is 0.727. The topological polar surface area (TPSA) is 17.4 Å². The van der Waals surface area contributed by atoms with Gasteiger partial charge in [0.05, 0.1) is 16.7 Å². The van der Waals surface area contributed by atoms with Crippen molar-refractivity contribution in [2.45, 2.75) is 32.1 Å². The Morgan fingerprint density at radius 3 is 2.14 bits per heavy atom. The summed E-state index contributed by atoms with van der Waals surface area (Å²) in [5.41, 5.74) is 8.35. The van der Waals surface area contributed by atoms with Crippen molar-refractivity contribution in [3.8, 4) is 28.3 Å². The minimum absolute atomic E-state index is 0.727. The van der Waals surface area contributed by atoms with Crippen molar-refractivity contribution >= 4 is 54.7 Å². The zero-order valence-electron chi connectivity index (χ0n) is 28.1. The van der Waals surface area contributed by atoms with Gasteiger partial charge in [-0.1, -0.05) is 104 Å². The highest BCUT2D eigenvalue weighted by Gasteiger charge is 2.35. The molecule has 0 N–H and O–H groups in total. The molecular weight excluding hydrogens is 609 g/mol. The van der Waals surface area contributed by atoms with E-state index in [9.17, 15) is 0 Å². The monoisotopic (exact) mass is 646 g/mol. The van der Waals surface area contributed by atoms with E-state index >= 15 is 0 Å². The lowest BCUT2D eigenvalue weighted by atomic mass is 9.80. The van der Waals surface area contributed by atoms with Crippen LogP contribution in [0.25, 0.3) is 60.2 Å². The molecule has 0 radical (unpaired) electrons. The van der Waals surface area contributed by atoms with Crippen molar-refractivity contribution in [2.24, 2.45) is 17.8 Å². The maximum absolute atomic E-state index is 6.60. The first-order chi connectivity index (χ1) is 24.7. The largest absolute Gasteiger partial charge is 0.453 e. The second-order valence-electron chi connectivity index (χ2n) is 15.0. The molecule has 2 fully saturated rings. The summed E-state index contributed by atoms with van der Waals surface area (Å²) in [4.78, 5) is 2.60. The van der Waals surface area contributed by atoms with Crippen LogP contribution in [0.15, 0.2) is 140 Å². The first kappa shape index (κ1) is 28.3. The highest BCUT2D eigenvalue weighted by molar-refractivity contribution is 6.12. The van der Waals surface area contributed by atoms with E-state index in [4.69, 9.17) is 4.74 Å². The predicted molar refractivity (Wildman–Crippen MR) is 208 cm³/mol. The number of ether oxygens (including phenoxy) is 1. The number of nitrogens with zero attached hydrogens (tertiary/aromatic N) is 2. The molecule has 2 atom stereocenters. The molecule has 0 spiro atoms. The molecule has 50 heavy (non-hydrogen) atoms. The van der Waals surface area contributed by atoms with Gasteiger partial charge in [-0.25, -0.2) is 0 Å². The molecule has 3 nitrogen and oxygen atoms in total. The Hall–Kier alpha value is -5.54. The van der Waals surface area contributed by atoms with Crippen molar-refractivity contribution in [3.05, 3.63) is 140 Å². The third-order valence-electron chi connectivity index (χ3n) is 12.1. The van der Waals surface area contributed by atoms with Gasteiger partial charge in [0.15, 0.2) is 11.5 Å². The molecule has 2 unspecified atom stereocenters. The van der Waals surface area contributed by atoms with Crippen LogP contribution >= 0.6 is 0 Å². The van der Waals surface area contributed by atoms with E-state index < -0.39 is 0 Å². The first-order valence-corrected chi connectivity index (χ1v) is 18.4. The number of hydrogen-bond acceptors (Lipinski definition) is 2. The minimum Gasteiger partial charge on any atom is -0.453 e. The Morgan fingerprint density at radius 2 is 1.26 bits per heavy atom. The zero-order chi connectivity index (χ0) is 32.8. The Morgan fingerprint density at radius 1 is 0.540 bits per heavy atom. The van der Waals surface area contributed by atoms with Crippen molar-refractivity contribution in [1.29, 1.82) is 0 Å². The van der Waals surface area contributed by atoms with Gasteiger partial charge in [0.1, 0.15) is 0 Å². The molecule has 1 aromatic heterocycles. The van der Waals surface area contributed by atoms with E-state index in [2.05, 4.69) is 149 Å². The molecule has 0 saturated heterocycles. The van der Waals surface area contributed by atoms with E-state index in [-0.39, 0.29) is 0 Å². The number of rotatable bonds is 5. The van der Waals surface area contributed by atoms with Gasteiger partial charge in [0.2, 0.25) is 0 Å². The van der Waals surface area contributed by atoms with Crippen molar-refractivity contribution in [3.63, 3.8) is 0 Å². The number of anilines is 2. The predicted octanol–water partition coefficient (Wildman–Crippen LogP) is 12.8. The normalized spacial score (nSPS) is 19.2. The number of aromatic nitrogens is 1. The van der Waals surface area contributed by atoms with Gasteiger partial charge in [0.25, 0.3) is 0 Å². The summed E-state index contributed by atoms with van der Waals surface area (Å²) in [6.07, 6.45) is 7.05. The van der Waals surface area contributed by atoms with E-state index in [1.165, 1.54) is 86.9 Å². The highest BCUT2D eigenvalue weighted by atomic mass is 16.5. The second kappa shape index (κ2) is 11.0. The number of benzene rings is 7. The SMILES string of the molecule is c1ccc2c(c1)ccc1cc(N(CC3CC4CCC(C4)C3)c3ccc(-c4ccc5c(c4)Oc4cccc6c7ccccc7n-5c46)cc3)ccc12. The Labute approximate surface area is 292 Å². The van der Waals surface area contributed by atoms with E-state index in [0.29, 0.717) is 0 Å². The maximum Gasteiger partial charge on any atom is 0.152 e.